The normalized spacial score (nSPS) is 12.3. The maximum Gasteiger partial charge on any atom is 0.254 e. The summed E-state index contributed by atoms with van der Waals surface area (Å²) in [5.41, 5.74) is 1.86. The molecule has 2 aromatic carbocycles. The highest BCUT2D eigenvalue weighted by Gasteiger charge is 2.14. The van der Waals surface area contributed by atoms with E-state index in [2.05, 4.69) is 0 Å². The Morgan fingerprint density at radius 3 is 2.15 bits per heavy atom. The second-order valence-electron chi connectivity index (χ2n) is 4.79. The van der Waals surface area contributed by atoms with Crippen molar-refractivity contribution in [2.24, 2.45) is 0 Å². The van der Waals surface area contributed by atoms with Gasteiger partial charge >= 0.3 is 0 Å². The van der Waals surface area contributed by atoms with Crippen LogP contribution in [0.15, 0.2) is 66.7 Å². The SMILES string of the molecule is CC(C=Cc1ccccc1)N(C)C(=O)c1ccccc1. The van der Waals surface area contributed by atoms with Gasteiger partial charge < -0.3 is 4.90 Å². The van der Waals surface area contributed by atoms with Crippen molar-refractivity contribution in [3.05, 3.63) is 77.9 Å². The van der Waals surface area contributed by atoms with Crippen LogP contribution in [-0.2, 0) is 0 Å². The van der Waals surface area contributed by atoms with Crippen LogP contribution in [0.25, 0.3) is 6.08 Å². The van der Waals surface area contributed by atoms with Crippen molar-refractivity contribution in [1.29, 1.82) is 0 Å². The minimum absolute atomic E-state index is 0.0378. The van der Waals surface area contributed by atoms with Gasteiger partial charge in [0.05, 0.1) is 0 Å². The lowest BCUT2D eigenvalue weighted by Crippen LogP contribution is -2.33. The largest absolute Gasteiger partial charge is 0.336 e. The van der Waals surface area contributed by atoms with Crippen LogP contribution in [0.4, 0.5) is 0 Å². The number of likely N-dealkylation sites (N-methyl/N-ethyl adjacent to an activating group) is 1. The third kappa shape index (κ3) is 3.58. The summed E-state index contributed by atoms with van der Waals surface area (Å²) in [6.07, 6.45) is 4.08. The van der Waals surface area contributed by atoms with Crippen molar-refractivity contribution in [3.63, 3.8) is 0 Å². The fourth-order valence-electron chi connectivity index (χ4n) is 1.91. The molecular formula is C18H19NO. The van der Waals surface area contributed by atoms with E-state index >= 15 is 0 Å². The number of carbonyl (C=O) groups is 1. The molecule has 2 aromatic rings. The second kappa shape index (κ2) is 6.71. The van der Waals surface area contributed by atoms with Crippen molar-refractivity contribution >= 4 is 12.0 Å². The van der Waals surface area contributed by atoms with Gasteiger partial charge in [-0.15, -0.1) is 0 Å². The smallest absolute Gasteiger partial charge is 0.254 e. The zero-order valence-electron chi connectivity index (χ0n) is 11.9. The van der Waals surface area contributed by atoms with E-state index in [9.17, 15) is 4.79 Å². The van der Waals surface area contributed by atoms with E-state index in [4.69, 9.17) is 0 Å². The highest BCUT2D eigenvalue weighted by Crippen LogP contribution is 2.09. The quantitative estimate of drug-likeness (QED) is 0.822. The van der Waals surface area contributed by atoms with E-state index in [1.807, 2.05) is 86.8 Å². The first-order chi connectivity index (χ1) is 9.68. The number of benzene rings is 2. The average molecular weight is 265 g/mol. The molecule has 0 heterocycles. The van der Waals surface area contributed by atoms with Crippen LogP contribution in [0.3, 0.4) is 0 Å². The number of hydrogen-bond acceptors (Lipinski definition) is 1. The van der Waals surface area contributed by atoms with Gasteiger partial charge in [-0.2, -0.15) is 0 Å². The summed E-state index contributed by atoms with van der Waals surface area (Å²) in [6, 6.07) is 19.5. The molecule has 0 aromatic heterocycles. The van der Waals surface area contributed by atoms with Gasteiger partial charge in [0.25, 0.3) is 5.91 Å². The Morgan fingerprint density at radius 1 is 1.00 bits per heavy atom. The summed E-state index contributed by atoms with van der Waals surface area (Å²) in [4.78, 5) is 14.0. The van der Waals surface area contributed by atoms with E-state index < -0.39 is 0 Å². The summed E-state index contributed by atoms with van der Waals surface area (Å²) < 4.78 is 0. The van der Waals surface area contributed by atoms with Crippen molar-refractivity contribution in [2.45, 2.75) is 13.0 Å². The Hall–Kier alpha value is -2.35. The minimum atomic E-state index is 0.0378. The molecular weight excluding hydrogens is 246 g/mol. The van der Waals surface area contributed by atoms with Crippen LogP contribution in [0.2, 0.25) is 0 Å². The number of carbonyl (C=O) groups excluding carboxylic acids is 1. The Kier molecular flexibility index (Phi) is 4.72. The monoisotopic (exact) mass is 265 g/mol. The predicted octanol–water partition coefficient (Wildman–Crippen LogP) is 3.86. The maximum absolute atomic E-state index is 12.3. The number of hydrogen-bond donors (Lipinski definition) is 0. The number of rotatable bonds is 4. The molecule has 0 saturated heterocycles. The summed E-state index contributed by atoms with van der Waals surface area (Å²) in [6.45, 7) is 2.01. The van der Waals surface area contributed by atoms with Crippen molar-refractivity contribution in [1.82, 2.24) is 4.90 Å². The standard InChI is InChI=1S/C18H19NO/c1-15(13-14-16-9-5-3-6-10-16)19(2)18(20)17-11-7-4-8-12-17/h3-15H,1-2H3. The summed E-state index contributed by atoms with van der Waals surface area (Å²) in [5, 5.41) is 0. The molecule has 20 heavy (non-hydrogen) atoms. The first-order valence-corrected chi connectivity index (χ1v) is 6.74. The van der Waals surface area contributed by atoms with Gasteiger partial charge in [0, 0.05) is 18.7 Å². The highest BCUT2D eigenvalue weighted by atomic mass is 16.2. The van der Waals surface area contributed by atoms with E-state index in [-0.39, 0.29) is 11.9 Å². The van der Waals surface area contributed by atoms with Crippen molar-refractivity contribution in [2.75, 3.05) is 7.05 Å². The van der Waals surface area contributed by atoms with Crippen LogP contribution in [-0.4, -0.2) is 23.9 Å². The first kappa shape index (κ1) is 14.1. The first-order valence-electron chi connectivity index (χ1n) is 6.74. The molecule has 0 spiro atoms. The Labute approximate surface area is 120 Å². The molecule has 0 N–H and O–H groups in total. The lowest BCUT2D eigenvalue weighted by molar-refractivity contribution is 0.0770. The second-order valence-corrected chi connectivity index (χ2v) is 4.79. The van der Waals surface area contributed by atoms with Gasteiger partial charge in [-0.05, 0) is 24.6 Å². The summed E-state index contributed by atoms with van der Waals surface area (Å²) in [7, 11) is 1.83. The molecule has 1 amide bonds. The maximum atomic E-state index is 12.3. The third-order valence-corrected chi connectivity index (χ3v) is 3.32. The molecule has 0 aliphatic rings. The van der Waals surface area contributed by atoms with Gasteiger partial charge in [-0.1, -0.05) is 60.7 Å². The van der Waals surface area contributed by atoms with Gasteiger partial charge in [0.1, 0.15) is 0 Å². The number of nitrogens with zero attached hydrogens (tertiary/aromatic N) is 1. The highest BCUT2D eigenvalue weighted by molar-refractivity contribution is 5.94. The predicted molar refractivity (Wildman–Crippen MR) is 83.5 cm³/mol. The van der Waals surface area contributed by atoms with Crippen LogP contribution >= 0.6 is 0 Å². The number of amides is 1. The van der Waals surface area contributed by atoms with Gasteiger partial charge in [-0.25, -0.2) is 0 Å². The molecule has 0 aliphatic heterocycles. The molecule has 2 rings (SSSR count). The van der Waals surface area contributed by atoms with E-state index in [1.165, 1.54) is 0 Å². The molecule has 0 radical (unpaired) electrons. The average Bonchev–Trinajstić information content (AvgIpc) is 2.53. The van der Waals surface area contributed by atoms with Gasteiger partial charge in [-0.3, -0.25) is 4.79 Å². The topological polar surface area (TPSA) is 20.3 Å². The minimum Gasteiger partial charge on any atom is -0.336 e. The Morgan fingerprint density at radius 2 is 1.55 bits per heavy atom. The fraction of sp³-hybridized carbons (Fsp3) is 0.167. The molecule has 0 saturated carbocycles. The summed E-state index contributed by atoms with van der Waals surface area (Å²) >= 11 is 0. The molecule has 2 heteroatoms. The fourth-order valence-corrected chi connectivity index (χ4v) is 1.91. The molecule has 0 bridgehead atoms. The van der Waals surface area contributed by atoms with Crippen LogP contribution in [0, 0.1) is 0 Å². The lowest BCUT2D eigenvalue weighted by Gasteiger charge is -2.22. The summed E-state index contributed by atoms with van der Waals surface area (Å²) in [5.74, 6) is 0.0378. The van der Waals surface area contributed by atoms with E-state index in [0.717, 1.165) is 11.1 Å². The zero-order valence-corrected chi connectivity index (χ0v) is 11.9. The molecule has 0 aliphatic carbocycles. The molecule has 0 fully saturated rings. The van der Waals surface area contributed by atoms with Crippen LogP contribution in [0.5, 0.6) is 0 Å². The van der Waals surface area contributed by atoms with E-state index in [1.54, 1.807) is 4.90 Å². The van der Waals surface area contributed by atoms with Crippen LogP contribution < -0.4 is 0 Å². The third-order valence-electron chi connectivity index (χ3n) is 3.32. The molecule has 1 atom stereocenters. The molecule has 2 nitrogen and oxygen atoms in total. The van der Waals surface area contributed by atoms with Gasteiger partial charge in [0.15, 0.2) is 0 Å². The van der Waals surface area contributed by atoms with Crippen molar-refractivity contribution in [3.8, 4) is 0 Å². The van der Waals surface area contributed by atoms with Gasteiger partial charge in [0.2, 0.25) is 0 Å². The Balaban J connectivity index is 2.04. The Bertz CT molecular complexity index is 575. The molecule has 102 valence electrons. The zero-order chi connectivity index (χ0) is 14.4. The lowest BCUT2D eigenvalue weighted by atomic mass is 10.1. The molecule has 1 unspecified atom stereocenters. The van der Waals surface area contributed by atoms with Crippen LogP contribution in [0.1, 0.15) is 22.8 Å². The van der Waals surface area contributed by atoms with Crippen molar-refractivity contribution < 1.29 is 4.79 Å². The van der Waals surface area contributed by atoms with E-state index in [0.29, 0.717) is 0 Å².